The molecule has 1 saturated heterocycles. The molecule has 92 valence electrons. The van der Waals surface area contributed by atoms with Gasteiger partial charge in [0.25, 0.3) is 0 Å². The summed E-state index contributed by atoms with van der Waals surface area (Å²) in [4.78, 5) is 19.8. The van der Waals surface area contributed by atoms with Gasteiger partial charge in [0.05, 0.1) is 13.7 Å². The fourth-order valence-corrected chi connectivity index (χ4v) is 1.92. The number of rotatable bonds is 3. The van der Waals surface area contributed by atoms with Crippen LogP contribution in [0.4, 0.5) is 5.82 Å². The van der Waals surface area contributed by atoms with Gasteiger partial charge < -0.3 is 9.64 Å². The largest absolute Gasteiger partial charge is 0.468 e. The molecule has 0 spiro atoms. The molecule has 1 aliphatic heterocycles. The zero-order valence-corrected chi connectivity index (χ0v) is 10.0. The highest BCUT2D eigenvalue weighted by Crippen LogP contribution is 2.12. The van der Waals surface area contributed by atoms with Gasteiger partial charge in [0.15, 0.2) is 0 Å². The van der Waals surface area contributed by atoms with Gasteiger partial charge in [-0.25, -0.2) is 4.98 Å². The van der Waals surface area contributed by atoms with E-state index in [0.29, 0.717) is 6.54 Å². The van der Waals surface area contributed by atoms with Gasteiger partial charge in [-0.15, -0.1) is 0 Å². The Morgan fingerprint density at radius 2 is 2.12 bits per heavy atom. The number of methoxy groups -OCH3 is 1. The summed E-state index contributed by atoms with van der Waals surface area (Å²) in [6.45, 7) is 3.91. The Morgan fingerprint density at radius 3 is 2.71 bits per heavy atom. The van der Waals surface area contributed by atoms with Crippen molar-refractivity contribution < 1.29 is 9.53 Å². The Balaban J connectivity index is 1.84. The summed E-state index contributed by atoms with van der Waals surface area (Å²) in [6, 6.07) is 5.91. The summed E-state index contributed by atoms with van der Waals surface area (Å²) >= 11 is 0. The first kappa shape index (κ1) is 11.9. The van der Waals surface area contributed by atoms with E-state index in [1.165, 1.54) is 7.11 Å². The Kier molecular flexibility index (Phi) is 3.93. The monoisotopic (exact) mass is 235 g/mol. The van der Waals surface area contributed by atoms with Gasteiger partial charge >= 0.3 is 5.97 Å². The molecule has 2 rings (SSSR count). The fourth-order valence-electron chi connectivity index (χ4n) is 1.92. The molecule has 0 amide bonds. The van der Waals surface area contributed by atoms with Crippen LogP contribution < -0.4 is 4.90 Å². The smallest absolute Gasteiger partial charge is 0.319 e. The highest BCUT2D eigenvalue weighted by atomic mass is 16.5. The van der Waals surface area contributed by atoms with Gasteiger partial charge in [-0.2, -0.15) is 0 Å². The highest BCUT2D eigenvalue weighted by molar-refractivity contribution is 5.71. The maximum absolute atomic E-state index is 11.1. The molecule has 0 saturated carbocycles. The van der Waals surface area contributed by atoms with Crippen molar-refractivity contribution in [1.82, 2.24) is 9.88 Å². The van der Waals surface area contributed by atoms with Crippen LogP contribution in [0.25, 0.3) is 0 Å². The van der Waals surface area contributed by atoms with E-state index in [9.17, 15) is 4.79 Å². The fraction of sp³-hybridized carbons (Fsp3) is 0.500. The van der Waals surface area contributed by atoms with Crippen molar-refractivity contribution >= 4 is 11.8 Å². The van der Waals surface area contributed by atoms with Crippen LogP contribution in [0, 0.1) is 0 Å². The highest BCUT2D eigenvalue weighted by Gasteiger charge is 2.19. The molecular formula is C12H17N3O2. The van der Waals surface area contributed by atoms with Crippen LogP contribution in [0.3, 0.4) is 0 Å². The van der Waals surface area contributed by atoms with E-state index < -0.39 is 0 Å². The van der Waals surface area contributed by atoms with Gasteiger partial charge in [-0.05, 0) is 12.1 Å². The van der Waals surface area contributed by atoms with Crippen LogP contribution in [0.15, 0.2) is 24.4 Å². The molecule has 0 unspecified atom stereocenters. The molecule has 0 aromatic carbocycles. The topological polar surface area (TPSA) is 45.7 Å². The minimum absolute atomic E-state index is 0.170. The zero-order chi connectivity index (χ0) is 12.1. The van der Waals surface area contributed by atoms with Crippen LogP contribution >= 0.6 is 0 Å². The second-order valence-corrected chi connectivity index (χ2v) is 4.03. The standard InChI is InChI=1S/C12H17N3O2/c1-17-12(16)10-14-6-8-15(9-7-14)11-4-2-3-5-13-11/h2-5H,6-10H2,1H3. The Labute approximate surface area is 101 Å². The summed E-state index contributed by atoms with van der Waals surface area (Å²) in [5.41, 5.74) is 0. The van der Waals surface area contributed by atoms with E-state index in [1.54, 1.807) is 6.20 Å². The van der Waals surface area contributed by atoms with Gasteiger partial charge in [-0.1, -0.05) is 6.07 Å². The van der Waals surface area contributed by atoms with Crippen molar-refractivity contribution in [1.29, 1.82) is 0 Å². The maximum atomic E-state index is 11.1. The maximum Gasteiger partial charge on any atom is 0.319 e. The third kappa shape index (κ3) is 3.17. The predicted octanol–water partition coefficient (Wildman–Crippen LogP) is 0.377. The van der Waals surface area contributed by atoms with Crippen LogP contribution in [0.2, 0.25) is 0 Å². The number of carbonyl (C=O) groups excluding carboxylic acids is 1. The summed E-state index contributed by atoms with van der Waals surface area (Å²) in [5.74, 6) is 0.835. The quantitative estimate of drug-likeness (QED) is 0.709. The van der Waals surface area contributed by atoms with E-state index in [-0.39, 0.29) is 5.97 Å². The number of aromatic nitrogens is 1. The minimum atomic E-state index is -0.170. The Bertz CT molecular complexity index is 361. The lowest BCUT2D eigenvalue weighted by Gasteiger charge is -2.34. The summed E-state index contributed by atoms with van der Waals surface area (Å²) < 4.78 is 4.66. The molecular weight excluding hydrogens is 218 g/mol. The van der Waals surface area contributed by atoms with Crippen molar-refractivity contribution in [2.75, 3.05) is 44.7 Å². The van der Waals surface area contributed by atoms with Crippen molar-refractivity contribution in [2.24, 2.45) is 0 Å². The normalized spacial score (nSPS) is 16.9. The molecule has 0 aliphatic carbocycles. The molecule has 0 N–H and O–H groups in total. The van der Waals surface area contributed by atoms with Gasteiger partial charge in [-0.3, -0.25) is 9.69 Å². The third-order valence-electron chi connectivity index (χ3n) is 2.93. The zero-order valence-electron chi connectivity index (χ0n) is 10.0. The average Bonchev–Trinajstić information content (AvgIpc) is 2.40. The minimum Gasteiger partial charge on any atom is -0.468 e. The van der Waals surface area contributed by atoms with Crippen molar-refractivity contribution in [3.05, 3.63) is 24.4 Å². The molecule has 1 aliphatic rings. The molecule has 1 aromatic heterocycles. The van der Waals surface area contributed by atoms with E-state index in [2.05, 4.69) is 19.5 Å². The van der Waals surface area contributed by atoms with Crippen molar-refractivity contribution in [3.8, 4) is 0 Å². The number of piperazine rings is 1. The number of nitrogens with zero attached hydrogens (tertiary/aromatic N) is 3. The second kappa shape index (κ2) is 5.63. The van der Waals surface area contributed by atoms with E-state index >= 15 is 0 Å². The molecule has 1 fully saturated rings. The van der Waals surface area contributed by atoms with Crippen LogP contribution in [0.1, 0.15) is 0 Å². The molecule has 0 bridgehead atoms. The molecule has 5 nitrogen and oxygen atoms in total. The first-order valence-electron chi connectivity index (χ1n) is 5.75. The molecule has 5 heteroatoms. The van der Waals surface area contributed by atoms with Crippen LogP contribution in [-0.2, 0) is 9.53 Å². The SMILES string of the molecule is COC(=O)CN1CCN(c2ccccn2)CC1. The number of hydrogen-bond donors (Lipinski definition) is 0. The van der Waals surface area contributed by atoms with Gasteiger partial charge in [0.1, 0.15) is 5.82 Å². The molecule has 0 atom stereocenters. The van der Waals surface area contributed by atoms with Gasteiger partial charge in [0, 0.05) is 32.4 Å². The third-order valence-corrected chi connectivity index (χ3v) is 2.93. The van der Waals surface area contributed by atoms with E-state index in [0.717, 1.165) is 32.0 Å². The average molecular weight is 235 g/mol. The van der Waals surface area contributed by atoms with Crippen molar-refractivity contribution in [3.63, 3.8) is 0 Å². The Hall–Kier alpha value is -1.62. The number of carbonyl (C=O) groups is 1. The van der Waals surface area contributed by atoms with Crippen molar-refractivity contribution in [2.45, 2.75) is 0 Å². The second-order valence-electron chi connectivity index (χ2n) is 4.03. The summed E-state index contributed by atoms with van der Waals surface area (Å²) in [7, 11) is 1.42. The first-order chi connectivity index (χ1) is 8.29. The predicted molar refractivity (Wildman–Crippen MR) is 64.9 cm³/mol. The summed E-state index contributed by atoms with van der Waals surface area (Å²) in [6.07, 6.45) is 1.80. The lowest BCUT2D eigenvalue weighted by molar-refractivity contribution is -0.142. The lowest BCUT2D eigenvalue weighted by atomic mass is 10.3. The van der Waals surface area contributed by atoms with Crippen LogP contribution in [-0.4, -0.2) is 55.7 Å². The Morgan fingerprint density at radius 1 is 1.35 bits per heavy atom. The van der Waals surface area contributed by atoms with Crippen LogP contribution in [0.5, 0.6) is 0 Å². The summed E-state index contributed by atoms with van der Waals surface area (Å²) in [5, 5.41) is 0. The molecule has 17 heavy (non-hydrogen) atoms. The number of ether oxygens (including phenoxy) is 1. The molecule has 0 radical (unpaired) electrons. The number of hydrogen-bond acceptors (Lipinski definition) is 5. The molecule has 2 heterocycles. The first-order valence-corrected chi connectivity index (χ1v) is 5.75. The lowest BCUT2D eigenvalue weighted by Crippen LogP contribution is -2.48. The van der Waals surface area contributed by atoms with E-state index in [4.69, 9.17) is 0 Å². The number of anilines is 1. The molecule has 1 aromatic rings. The number of esters is 1. The van der Waals surface area contributed by atoms with Gasteiger partial charge in [0.2, 0.25) is 0 Å². The number of pyridine rings is 1. The van der Waals surface area contributed by atoms with E-state index in [1.807, 2.05) is 18.2 Å².